The third-order valence-electron chi connectivity index (χ3n) is 7.97. The summed E-state index contributed by atoms with van der Waals surface area (Å²) >= 11 is 0. The molecule has 2 N–H and O–H groups in total. The lowest BCUT2D eigenvalue weighted by molar-refractivity contribution is 0.148. The topological polar surface area (TPSA) is 113 Å². The van der Waals surface area contributed by atoms with Crippen LogP contribution < -0.4 is 5.73 Å². The number of nitrogens with two attached hydrogens (primary N) is 1. The summed E-state index contributed by atoms with van der Waals surface area (Å²) in [5, 5.41) is 8.45. The largest absolute Gasteiger partial charge is 0.383 e. The van der Waals surface area contributed by atoms with Crippen molar-refractivity contribution in [2.45, 2.75) is 6.54 Å². The second-order valence-electron chi connectivity index (χ2n) is 11.1. The number of fused-ring (bicyclic) bond motifs is 1. The van der Waals surface area contributed by atoms with Crippen molar-refractivity contribution in [1.29, 1.82) is 5.26 Å². The van der Waals surface area contributed by atoms with Crippen molar-refractivity contribution in [1.82, 2.24) is 34.3 Å². The summed E-state index contributed by atoms with van der Waals surface area (Å²) in [7, 11) is 2.19. The van der Waals surface area contributed by atoms with Gasteiger partial charge in [0.05, 0.1) is 28.6 Å². The Labute approximate surface area is 268 Å². The van der Waals surface area contributed by atoms with Gasteiger partial charge >= 0.3 is 0 Å². The second-order valence-corrected chi connectivity index (χ2v) is 11.1. The molecule has 0 amide bonds. The number of nitrogens with zero attached hydrogens (tertiary/aromatic N) is 8. The third-order valence-corrected chi connectivity index (χ3v) is 7.97. The number of benzene rings is 2. The summed E-state index contributed by atoms with van der Waals surface area (Å²) in [6.07, 6.45) is 4.90. The van der Waals surface area contributed by atoms with Gasteiger partial charge in [0, 0.05) is 56.4 Å². The lowest BCUT2D eigenvalue weighted by Gasteiger charge is -2.32. The Morgan fingerprint density at radius 1 is 0.870 bits per heavy atom. The predicted molar refractivity (Wildman–Crippen MR) is 184 cm³/mol. The molecule has 0 unspecified atom stereocenters. The van der Waals surface area contributed by atoms with Crippen LogP contribution in [0.1, 0.15) is 16.8 Å². The van der Waals surface area contributed by atoms with Crippen molar-refractivity contribution in [3.05, 3.63) is 127 Å². The average molecular weight is 606 g/mol. The Hall–Kier alpha value is -5.69. The van der Waals surface area contributed by atoms with E-state index in [1.165, 1.54) is 5.56 Å². The Balaban J connectivity index is 0.000000319. The van der Waals surface area contributed by atoms with Crippen molar-refractivity contribution < 1.29 is 0 Å². The Morgan fingerprint density at radius 2 is 1.65 bits per heavy atom. The SMILES string of the molecule is C=Cc1cc(C#N)ccn1.CN1CCN(Cc2ccc(-n3c(-c4cccnc4N)nc4ccc(-c5ccccc5)nc43)cc2)CC1. The maximum Gasteiger partial charge on any atom is 0.165 e. The lowest BCUT2D eigenvalue weighted by Crippen LogP contribution is -2.43. The molecule has 1 saturated heterocycles. The van der Waals surface area contributed by atoms with Crippen molar-refractivity contribution in [2.75, 3.05) is 39.0 Å². The minimum atomic E-state index is 0.448. The number of rotatable bonds is 6. The van der Waals surface area contributed by atoms with E-state index in [1.807, 2.05) is 48.5 Å². The van der Waals surface area contributed by atoms with E-state index in [9.17, 15) is 0 Å². The molecule has 1 fully saturated rings. The highest BCUT2D eigenvalue weighted by Crippen LogP contribution is 2.31. The zero-order chi connectivity index (χ0) is 31.9. The third kappa shape index (κ3) is 6.84. The highest BCUT2D eigenvalue weighted by atomic mass is 15.2. The van der Waals surface area contributed by atoms with Crippen molar-refractivity contribution in [2.24, 2.45) is 0 Å². The molecule has 9 heteroatoms. The standard InChI is InChI=1S/C29H29N7.C8H6N2/c1-34-16-18-35(19-17-34)20-21-9-11-23(12-10-21)36-28(24-8-5-15-31-27(24)30)33-26-14-13-25(32-29(26)36)22-6-3-2-4-7-22;1-2-8-5-7(6-9)3-4-10-8/h2-15H,16-20H2,1H3,(H2,30,31);2-5H,1H2. The quantitative estimate of drug-likeness (QED) is 0.243. The number of nitriles is 1. The number of anilines is 1. The van der Waals surface area contributed by atoms with Gasteiger partial charge < -0.3 is 10.6 Å². The molecule has 46 heavy (non-hydrogen) atoms. The van der Waals surface area contributed by atoms with Crippen LogP contribution in [0.3, 0.4) is 0 Å². The molecule has 5 heterocycles. The number of pyridine rings is 3. The molecule has 1 aliphatic heterocycles. The fourth-order valence-electron chi connectivity index (χ4n) is 5.40. The number of imidazole rings is 1. The van der Waals surface area contributed by atoms with E-state index >= 15 is 0 Å². The molecule has 0 atom stereocenters. The number of piperazine rings is 1. The highest BCUT2D eigenvalue weighted by Gasteiger charge is 2.19. The number of likely N-dealkylation sites (N-methyl/N-ethyl adjacent to an activating group) is 1. The van der Waals surface area contributed by atoms with Crippen LogP contribution in [0.2, 0.25) is 0 Å². The molecule has 2 aromatic carbocycles. The van der Waals surface area contributed by atoms with E-state index in [4.69, 9.17) is 21.0 Å². The van der Waals surface area contributed by atoms with Crippen LogP contribution in [0.15, 0.2) is 110 Å². The normalized spacial score (nSPS) is 13.5. The van der Waals surface area contributed by atoms with Crippen molar-refractivity contribution in [3.63, 3.8) is 0 Å². The van der Waals surface area contributed by atoms with E-state index in [0.29, 0.717) is 11.4 Å². The van der Waals surface area contributed by atoms with E-state index in [1.54, 1.807) is 30.6 Å². The van der Waals surface area contributed by atoms with Crippen molar-refractivity contribution in [3.8, 4) is 34.4 Å². The van der Waals surface area contributed by atoms with Crippen LogP contribution in [0.25, 0.3) is 45.6 Å². The summed E-state index contributed by atoms with van der Waals surface area (Å²) in [5.74, 6) is 1.18. The molecule has 0 saturated carbocycles. The Morgan fingerprint density at radius 3 is 2.37 bits per heavy atom. The van der Waals surface area contributed by atoms with Gasteiger partial charge in [-0.15, -0.1) is 0 Å². The molecule has 228 valence electrons. The number of nitrogen functional groups attached to an aromatic ring is 1. The lowest BCUT2D eigenvalue weighted by atomic mass is 10.1. The summed E-state index contributed by atoms with van der Waals surface area (Å²) < 4.78 is 2.09. The van der Waals surface area contributed by atoms with Crippen LogP contribution in [0.5, 0.6) is 0 Å². The summed E-state index contributed by atoms with van der Waals surface area (Å²) in [6, 6.07) is 32.2. The van der Waals surface area contributed by atoms with Gasteiger partial charge in [-0.25, -0.2) is 15.0 Å². The Kier molecular flexibility index (Phi) is 9.20. The number of hydrogen-bond acceptors (Lipinski definition) is 8. The van der Waals surface area contributed by atoms with Crippen LogP contribution in [0.4, 0.5) is 5.82 Å². The van der Waals surface area contributed by atoms with Gasteiger partial charge in [-0.3, -0.25) is 14.5 Å². The monoisotopic (exact) mass is 605 g/mol. The zero-order valence-electron chi connectivity index (χ0n) is 25.8. The molecular formula is C37H35N9. The first-order valence-electron chi connectivity index (χ1n) is 15.2. The van der Waals surface area contributed by atoms with Crippen LogP contribution in [0, 0.1) is 11.3 Å². The molecule has 0 bridgehead atoms. The van der Waals surface area contributed by atoms with Gasteiger partial charge in [0.1, 0.15) is 11.3 Å². The summed E-state index contributed by atoms with van der Waals surface area (Å²) in [4.78, 5) is 23.1. The van der Waals surface area contributed by atoms with E-state index in [2.05, 4.69) is 74.4 Å². The Bertz CT molecular complexity index is 1980. The zero-order valence-corrected chi connectivity index (χ0v) is 25.8. The highest BCUT2D eigenvalue weighted by molar-refractivity contribution is 5.84. The van der Waals surface area contributed by atoms with Gasteiger partial charge in [-0.2, -0.15) is 5.26 Å². The van der Waals surface area contributed by atoms with Gasteiger partial charge in [0.2, 0.25) is 0 Å². The maximum atomic E-state index is 8.45. The molecule has 6 aromatic rings. The molecule has 4 aromatic heterocycles. The molecular weight excluding hydrogens is 570 g/mol. The minimum absolute atomic E-state index is 0.448. The molecule has 0 aliphatic carbocycles. The molecule has 0 radical (unpaired) electrons. The van der Waals surface area contributed by atoms with Gasteiger partial charge in [-0.05, 0) is 67.2 Å². The first kappa shape index (κ1) is 30.3. The van der Waals surface area contributed by atoms with Gasteiger partial charge in [-0.1, -0.05) is 49.0 Å². The smallest absolute Gasteiger partial charge is 0.165 e. The first-order chi connectivity index (χ1) is 22.5. The van der Waals surface area contributed by atoms with Gasteiger partial charge in [0.25, 0.3) is 0 Å². The van der Waals surface area contributed by atoms with E-state index in [-0.39, 0.29) is 0 Å². The summed E-state index contributed by atoms with van der Waals surface area (Å²) in [6.45, 7) is 8.92. The number of aromatic nitrogens is 5. The first-order valence-corrected chi connectivity index (χ1v) is 15.2. The molecule has 9 nitrogen and oxygen atoms in total. The average Bonchev–Trinajstić information content (AvgIpc) is 3.49. The van der Waals surface area contributed by atoms with E-state index < -0.39 is 0 Å². The molecule has 1 aliphatic rings. The van der Waals surface area contributed by atoms with Gasteiger partial charge in [0.15, 0.2) is 11.5 Å². The number of hydrogen-bond donors (Lipinski definition) is 1. The van der Waals surface area contributed by atoms with Crippen LogP contribution in [-0.2, 0) is 6.54 Å². The summed E-state index contributed by atoms with van der Waals surface area (Å²) in [5.41, 5.74) is 14.3. The fourth-order valence-corrected chi connectivity index (χ4v) is 5.40. The predicted octanol–water partition coefficient (Wildman–Crippen LogP) is 6.08. The van der Waals surface area contributed by atoms with Crippen LogP contribution >= 0.6 is 0 Å². The molecule has 0 spiro atoms. The minimum Gasteiger partial charge on any atom is -0.383 e. The van der Waals surface area contributed by atoms with Crippen LogP contribution in [-0.4, -0.2) is 67.5 Å². The van der Waals surface area contributed by atoms with E-state index in [0.717, 1.165) is 77.9 Å². The molecule has 7 rings (SSSR count). The fraction of sp³-hybridized carbons (Fsp3) is 0.162. The van der Waals surface area contributed by atoms with Crippen molar-refractivity contribution >= 4 is 23.1 Å². The second kappa shape index (κ2) is 13.9. The maximum absolute atomic E-state index is 8.45.